The van der Waals surface area contributed by atoms with Gasteiger partial charge in [-0.2, -0.15) is 0 Å². The first-order chi connectivity index (χ1) is 9.74. The third-order valence-electron chi connectivity index (χ3n) is 4.37. The molecule has 20 heavy (non-hydrogen) atoms. The van der Waals surface area contributed by atoms with Gasteiger partial charge >= 0.3 is 0 Å². The van der Waals surface area contributed by atoms with E-state index in [1.165, 1.54) is 23.1 Å². The van der Waals surface area contributed by atoms with Crippen LogP contribution in [0.3, 0.4) is 0 Å². The molecule has 1 nitrogen and oxygen atoms in total. The number of hydrogen-bond donors (Lipinski definition) is 0. The van der Waals surface area contributed by atoms with E-state index in [9.17, 15) is 0 Å². The monoisotopic (exact) mass is 265 g/mol. The number of rotatable bonds is 3. The lowest BCUT2D eigenvalue weighted by Crippen LogP contribution is -2.45. The lowest BCUT2D eigenvalue weighted by atomic mass is 9.89. The molecule has 0 saturated heterocycles. The van der Waals surface area contributed by atoms with Gasteiger partial charge in [0.1, 0.15) is 0 Å². The van der Waals surface area contributed by atoms with Gasteiger partial charge < -0.3 is 0 Å². The van der Waals surface area contributed by atoms with Gasteiger partial charge in [-0.15, -0.1) is 0 Å². The van der Waals surface area contributed by atoms with E-state index < -0.39 is 0 Å². The minimum atomic E-state index is 0.595. The van der Waals surface area contributed by atoms with Gasteiger partial charge in [-0.1, -0.05) is 54.6 Å². The third-order valence-corrected chi connectivity index (χ3v) is 4.37. The lowest BCUT2D eigenvalue weighted by molar-refractivity contribution is 0.129. The minimum absolute atomic E-state index is 0.595. The Bertz CT molecular complexity index is 559. The second-order valence-electron chi connectivity index (χ2n) is 6.08. The van der Waals surface area contributed by atoms with Crippen LogP contribution in [0.1, 0.15) is 30.5 Å². The van der Waals surface area contributed by atoms with E-state index in [1.54, 1.807) is 0 Å². The molecule has 0 fully saturated rings. The Morgan fingerprint density at radius 2 is 1.60 bits per heavy atom. The van der Waals surface area contributed by atoms with Crippen LogP contribution in [0.25, 0.3) is 0 Å². The molecule has 2 aromatic rings. The number of fused-ring (bicyclic) bond motifs is 1. The van der Waals surface area contributed by atoms with Gasteiger partial charge in [-0.3, -0.25) is 4.90 Å². The Kier molecular flexibility index (Phi) is 3.88. The maximum Gasteiger partial charge on any atom is 0.0242 e. The van der Waals surface area contributed by atoms with Crippen molar-refractivity contribution in [2.45, 2.75) is 45.3 Å². The maximum atomic E-state index is 2.65. The molecule has 2 aromatic carbocycles. The Hall–Kier alpha value is -1.60. The summed E-state index contributed by atoms with van der Waals surface area (Å²) in [6.45, 7) is 5.71. The summed E-state index contributed by atoms with van der Waals surface area (Å²) in [7, 11) is 0. The summed E-state index contributed by atoms with van der Waals surface area (Å²) < 4.78 is 0. The van der Waals surface area contributed by atoms with Crippen LogP contribution in [0, 0.1) is 0 Å². The summed E-state index contributed by atoms with van der Waals surface area (Å²) in [4.78, 5) is 2.65. The van der Waals surface area contributed by atoms with Gasteiger partial charge in [-0.25, -0.2) is 0 Å². The second kappa shape index (κ2) is 5.80. The molecular weight excluding hydrogens is 242 g/mol. The highest BCUT2D eigenvalue weighted by molar-refractivity contribution is 5.31. The summed E-state index contributed by atoms with van der Waals surface area (Å²) >= 11 is 0. The van der Waals surface area contributed by atoms with Crippen molar-refractivity contribution < 1.29 is 0 Å². The van der Waals surface area contributed by atoms with Crippen LogP contribution in [0.2, 0.25) is 0 Å². The SMILES string of the molecule is CC(C)N1Cc2ccccc2C[C@@H]1Cc1ccccc1. The normalized spacial score (nSPS) is 19.1. The molecule has 1 heterocycles. The van der Waals surface area contributed by atoms with Crippen molar-refractivity contribution in [2.75, 3.05) is 0 Å². The molecule has 0 unspecified atom stereocenters. The third kappa shape index (κ3) is 2.78. The van der Waals surface area contributed by atoms with E-state index in [4.69, 9.17) is 0 Å². The molecule has 0 bridgehead atoms. The van der Waals surface area contributed by atoms with Crippen molar-refractivity contribution >= 4 is 0 Å². The molecule has 104 valence electrons. The first-order valence-electron chi connectivity index (χ1n) is 7.60. The molecule has 0 saturated carbocycles. The highest BCUT2D eigenvalue weighted by Crippen LogP contribution is 2.27. The van der Waals surface area contributed by atoms with Crippen molar-refractivity contribution in [3.63, 3.8) is 0 Å². The Morgan fingerprint density at radius 3 is 2.30 bits per heavy atom. The summed E-state index contributed by atoms with van der Waals surface area (Å²) in [5.41, 5.74) is 4.48. The van der Waals surface area contributed by atoms with Crippen molar-refractivity contribution in [3.8, 4) is 0 Å². The summed E-state index contributed by atoms with van der Waals surface area (Å²) in [6, 6.07) is 21.0. The highest BCUT2D eigenvalue weighted by atomic mass is 15.2. The molecule has 1 heteroatoms. The minimum Gasteiger partial charge on any atom is -0.293 e. The molecular formula is C19H23N. The number of hydrogen-bond acceptors (Lipinski definition) is 1. The van der Waals surface area contributed by atoms with Gasteiger partial charge in [0, 0.05) is 18.6 Å². The van der Waals surface area contributed by atoms with E-state index in [-0.39, 0.29) is 0 Å². The molecule has 1 atom stereocenters. The summed E-state index contributed by atoms with van der Waals surface area (Å²) in [5, 5.41) is 0. The molecule has 0 aliphatic carbocycles. The van der Waals surface area contributed by atoms with E-state index in [0.29, 0.717) is 12.1 Å². The molecule has 0 N–H and O–H groups in total. The van der Waals surface area contributed by atoms with Crippen molar-refractivity contribution in [3.05, 3.63) is 71.3 Å². The first kappa shape index (κ1) is 13.4. The van der Waals surface area contributed by atoms with Gasteiger partial charge in [0.2, 0.25) is 0 Å². The summed E-state index contributed by atoms with van der Waals surface area (Å²) in [6.07, 6.45) is 2.32. The zero-order valence-electron chi connectivity index (χ0n) is 12.4. The van der Waals surface area contributed by atoms with Crippen LogP contribution in [-0.2, 0) is 19.4 Å². The van der Waals surface area contributed by atoms with Crippen molar-refractivity contribution in [1.29, 1.82) is 0 Å². The van der Waals surface area contributed by atoms with Gasteiger partial charge in [0.15, 0.2) is 0 Å². The predicted octanol–water partition coefficient (Wildman–Crippen LogP) is 4.06. The lowest BCUT2D eigenvalue weighted by Gasteiger charge is -2.40. The molecule has 0 radical (unpaired) electrons. The first-order valence-corrected chi connectivity index (χ1v) is 7.60. The van der Waals surface area contributed by atoms with Gasteiger partial charge in [-0.05, 0) is 43.4 Å². The van der Waals surface area contributed by atoms with Crippen LogP contribution in [0.4, 0.5) is 0 Å². The average Bonchev–Trinajstić information content (AvgIpc) is 2.47. The van der Waals surface area contributed by atoms with E-state index in [1.807, 2.05) is 0 Å². The number of benzene rings is 2. The van der Waals surface area contributed by atoms with Crippen LogP contribution < -0.4 is 0 Å². The van der Waals surface area contributed by atoms with Crippen LogP contribution >= 0.6 is 0 Å². The van der Waals surface area contributed by atoms with Crippen LogP contribution in [-0.4, -0.2) is 17.0 Å². The molecule has 3 rings (SSSR count). The Labute approximate surface area is 122 Å². The van der Waals surface area contributed by atoms with Crippen LogP contribution in [0.5, 0.6) is 0 Å². The molecule has 1 aliphatic rings. The zero-order chi connectivity index (χ0) is 13.9. The van der Waals surface area contributed by atoms with E-state index in [2.05, 4.69) is 73.3 Å². The van der Waals surface area contributed by atoms with Crippen LogP contribution in [0.15, 0.2) is 54.6 Å². The maximum absolute atomic E-state index is 2.65. The zero-order valence-corrected chi connectivity index (χ0v) is 12.4. The quantitative estimate of drug-likeness (QED) is 0.809. The fourth-order valence-electron chi connectivity index (χ4n) is 3.29. The fourth-order valence-corrected chi connectivity index (χ4v) is 3.29. The van der Waals surface area contributed by atoms with Gasteiger partial charge in [0.05, 0.1) is 0 Å². The smallest absolute Gasteiger partial charge is 0.0242 e. The van der Waals surface area contributed by atoms with Crippen molar-refractivity contribution in [1.82, 2.24) is 4.90 Å². The molecule has 0 aromatic heterocycles. The average molecular weight is 265 g/mol. The van der Waals surface area contributed by atoms with Gasteiger partial charge in [0.25, 0.3) is 0 Å². The molecule has 0 spiro atoms. The summed E-state index contributed by atoms with van der Waals surface area (Å²) in [5.74, 6) is 0. The standard InChI is InChI=1S/C19H23N/c1-15(2)20-14-18-11-7-6-10-17(18)13-19(20)12-16-8-4-3-5-9-16/h3-11,15,19H,12-14H2,1-2H3/t19-/m0/s1. The Morgan fingerprint density at radius 1 is 0.950 bits per heavy atom. The topological polar surface area (TPSA) is 3.24 Å². The molecule has 1 aliphatic heterocycles. The van der Waals surface area contributed by atoms with E-state index in [0.717, 1.165) is 13.0 Å². The Balaban J connectivity index is 1.85. The van der Waals surface area contributed by atoms with E-state index >= 15 is 0 Å². The molecule has 0 amide bonds. The predicted molar refractivity (Wildman–Crippen MR) is 84.8 cm³/mol. The number of nitrogens with zero attached hydrogens (tertiary/aromatic N) is 1. The fraction of sp³-hybridized carbons (Fsp3) is 0.368. The van der Waals surface area contributed by atoms with Crippen molar-refractivity contribution in [2.24, 2.45) is 0 Å². The second-order valence-corrected chi connectivity index (χ2v) is 6.08. The highest BCUT2D eigenvalue weighted by Gasteiger charge is 2.27. The largest absolute Gasteiger partial charge is 0.293 e.